The van der Waals surface area contributed by atoms with Crippen molar-refractivity contribution in [1.29, 1.82) is 0 Å². The molecule has 0 aromatic carbocycles. The Morgan fingerprint density at radius 1 is 1.50 bits per heavy atom. The third kappa shape index (κ3) is 1.97. The van der Waals surface area contributed by atoms with Crippen LogP contribution in [0.25, 0.3) is 0 Å². The molecule has 0 spiro atoms. The molecule has 0 aliphatic carbocycles. The summed E-state index contributed by atoms with van der Waals surface area (Å²) < 4.78 is 9.12. The summed E-state index contributed by atoms with van der Waals surface area (Å²) in [6.45, 7) is 0.384. The summed E-state index contributed by atoms with van der Waals surface area (Å²) in [5.41, 5.74) is 5.55. The Balaban J connectivity index is 1.99. The third-order valence-electron chi connectivity index (χ3n) is 1.59. The summed E-state index contributed by atoms with van der Waals surface area (Å²) in [5.74, 6) is 1.14. The molecular formula is C8H8N4OS. The lowest BCUT2D eigenvalue weighted by atomic mass is 10.4. The van der Waals surface area contributed by atoms with Gasteiger partial charge in [0.1, 0.15) is 17.2 Å². The SMILES string of the molecule is Nc1nnsc1COc1cccnc1. The quantitative estimate of drug-likeness (QED) is 0.817. The van der Waals surface area contributed by atoms with Gasteiger partial charge in [-0.15, -0.1) is 5.10 Å². The highest BCUT2D eigenvalue weighted by Gasteiger charge is 2.04. The fourth-order valence-electron chi connectivity index (χ4n) is 0.898. The molecule has 0 aliphatic rings. The Morgan fingerprint density at radius 3 is 3.07 bits per heavy atom. The molecule has 0 atom stereocenters. The number of nitrogens with zero attached hydrogens (tertiary/aromatic N) is 3. The van der Waals surface area contributed by atoms with E-state index in [-0.39, 0.29) is 0 Å². The minimum atomic E-state index is 0.384. The number of hydrogen-bond donors (Lipinski definition) is 1. The predicted molar refractivity (Wildman–Crippen MR) is 52.9 cm³/mol. The van der Waals surface area contributed by atoms with Crippen LogP contribution < -0.4 is 10.5 Å². The number of pyridine rings is 1. The number of nitrogen functional groups attached to an aromatic ring is 1. The Kier molecular flexibility index (Phi) is 2.55. The normalized spacial score (nSPS) is 10.0. The van der Waals surface area contributed by atoms with Gasteiger partial charge in [0.25, 0.3) is 0 Å². The highest BCUT2D eigenvalue weighted by molar-refractivity contribution is 7.05. The smallest absolute Gasteiger partial charge is 0.165 e. The third-order valence-corrected chi connectivity index (χ3v) is 2.30. The van der Waals surface area contributed by atoms with Gasteiger partial charge in [0.2, 0.25) is 0 Å². The highest BCUT2D eigenvalue weighted by atomic mass is 32.1. The highest BCUT2D eigenvalue weighted by Crippen LogP contribution is 2.15. The van der Waals surface area contributed by atoms with E-state index in [1.165, 1.54) is 11.5 Å². The van der Waals surface area contributed by atoms with Crippen LogP contribution in [0.1, 0.15) is 4.88 Å². The maximum atomic E-state index is 5.55. The van der Waals surface area contributed by atoms with Crippen molar-refractivity contribution in [3.63, 3.8) is 0 Å². The molecule has 72 valence electrons. The van der Waals surface area contributed by atoms with Crippen LogP contribution in [-0.2, 0) is 6.61 Å². The fourth-order valence-corrected chi connectivity index (χ4v) is 1.37. The number of anilines is 1. The van der Waals surface area contributed by atoms with Crippen LogP contribution in [0.5, 0.6) is 5.75 Å². The molecule has 0 unspecified atom stereocenters. The summed E-state index contributed by atoms with van der Waals surface area (Å²) in [7, 11) is 0. The Bertz CT molecular complexity index is 403. The van der Waals surface area contributed by atoms with Crippen molar-refractivity contribution in [2.24, 2.45) is 0 Å². The lowest BCUT2D eigenvalue weighted by Crippen LogP contribution is -1.97. The average Bonchev–Trinajstić information content (AvgIpc) is 2.63. The molecule has 0 bridgehead atoms. The lowest BCUT2D eigenvalue weighted by Gasteiger charge is -2.02. The minimum Gasteiger partial charge on any atom is -0.486 e. The largest absolute Gasteiger partial charge is 0.486 e. The van der Waals surface area contributed by atoms with Gasteiger partial charge in [0.15, 0.2) is 5.82 Å². The maximum absolute atomic E-state index is 5.55. The van der Waals surface area contributed by atoms with Crippen molar-refractivity contribution in [2.75, 3.05) is 5.73 Å². The number of aromatic nitrogens is 3. The molecule has 2 N–H and O–H groups in total. The molecule has 2 aromatic rings. The van der Waals surface area contributed by atoms with Crippen LogP contribution in [0.3, 0.4) is 0 Å². The van der Waals surface area contributed by atoms with E-state index in [1.807, 2.05) is 12.1 Å². The van der Waals surface area contributed by atoms with Crippen molar-refractivity contribution >= 4 is 17.4 Å². The van der Waals surface area contributed by atoms with Crippen LogP contribution >= 0.6 is 11.5 Å². The van der Waals surface area contributed by atoms with E-state index >= 15 is 0 Å². The second-order valence-electron chi connectivity index (χ2n) is 2.56. The van der Waals surface area contributed by atoms with E-state index in [9.17, 15) is 0 Å². The van der Waals surface area contributed by atoms with Crippen LogP contribution in [0, 0.1) is 0 Å². The minimum absolute atomic E-state index is 0.384. The maximum Gasteiger partial charge on any atom is 0.165 e. The van der Waals surface area contributed by atoms with Crippen molar-refractivity contribution < 1.29 is 4.74 Å². The first-order chi connectivity index (χ1) is 6.86. The molecule has 14 heavy (non-hydrogen) atoms. The predicted octanol–water partition coefficient (Wildman–Crippen LogP) is 1.09. The van der Waals surface area contributed by atoms with Gasteiger partial charge in [-0.05, 0) is 23.7 Å². The topological polar surface area (TPSA) is 73.9 Å². The first-order valence-electron chi connectivity index (χ1n) is 3.96. The fraction of sp³-hybridized carbons (Fsp3) is 0.125. The lowest BCUT2D eigenvalue weighted by molar-refractivity contribution is 0.309. The zero-order valence-electron chi connectivity index (χ0n) is 7.25. The van der Waals surface area contributed by atoms with E-state index in [2.05, 4.69) is 14.6 Å². The second-order valence-corrected chi connectivity index (χ2v) is 3.40. The van der Waals surface area contributed by atoms with Gasteiger partial charge >= 0.3 is 0 Å². The zero-order chi connectivity index (χ0) is 9.80. The van der Waals surface area contributed by atoms with E-state index in [4.69, 9.17) is 10.5 Å². The summed E-state index contributed by atoms with van der Waals surface area (Å²) >= 11 is 1.24. The van der Waals surface area contributed by atoms with Gasteiger partial charge in [-0.2, -0.15) is 0 Å². The molecule has 2 aromatic heterocycles. The standard InChI is InChI=1S/C8H8N4OS/c9-8-7(14-12-11-8)5-13-6-2-1-3-10-4-6/h1-4H,5,9H2. The monoisotopic (exact) mass is 208 g/mol. The molecule has 5 nitrogen and oxygen atoms in total. The molecule has 0 saturated carbocycles. The molecule has 0 saturated heterocycles. The van der Waals surface area contributed by atoms with E-state index in [0.29, 0.717) is 18.2 Å². The van der Waals surface area contributed by atoms with Crippen molar-refractivity contribution in [1.82, 2.24) is 14.6 Å². The van der Waals surface area contributed by atoms with Crippen LogP contribution in [-0.4, -0.2) is 14.6 Å². The second kappa shape index (κ2) is 4.01. The van der Waals surface area contributed by atoms with E-state index < -0.39 is 0 Å². The average molecular weight is 208 g/mol. The Hall–Kier alpha value is -1.69. The number of hydrogen-bond acceptors (Lipinski definition) is 6. The van der Waals surface area contributed by atoms with Crippen molar-refractivity contribution in [3.05, 3.63) is 29.4 Å². The van der Waals surface area contributed by atoms with Crippen molar-refractivity contribution in [2.45, 2.75) is 6.61 Å². The summed E-state index contributed by atoms with van der Waals surface area (Å²) in [5, 5.41) is 3.68. The molecule has 2 rings (SSSR count). The molecule has 6 heteroatoms. The molecule has 2 heterocycles. The van der Waals surface area contributed by atoms with E-state index in [0.717, 1.165) is 4.88 Å². The molecule has 0 aliphatic heterocycles. The van der Waals surface area contributed by atoms with Crippen LogP contribution in [0.4, 0.5) is 5.82 Å². The van der Waals surface area contributed by atoms with Gasteiger partial charge in [-0.3, -0.25) is 4.98 Å². The van der Waals surface area contributed by atoms with Crippen LogP contribution in [0.15, 0.2) is 24.5 Å². The molecular weight excluding hydrogens is 200 g/mol. The van der Waals surface area contributed by atoms with Gasteiger partial charge in [0, 0.05) is 6.20 Å². The Morgan fingerprint density at radius 2 is 2.43 bits per heavy atom. The summed E-state index contributed by atoms with van der Waals surface area (Å²) in [6, 6.07) is 3.64. The van der Waals surface area contributed by atoms with Crippen LogP contribution in [0.2, 0.25) is 0 Å². The van der Waals surface area contributed by atoms with Gasteiger partial charge in [-0.1, -0.05) is 4.49 Å². The van der Waals surface area contributed by atoms with Gasteiger partial charge in [0.05, 0.1) is 6.20 Å². The summed E-state index contributed by atoms with van der Waals surface area (Å²) in [4.78, 5) is 4.75. The van der Waals surface area contributed by atoms with Gasteiger partial charge < -0.3 is 10.5 Å². The zero-order valence-corrected chi connectivity index (χ0v) is 8.07. The van der Waals surface area contributed by atoms with Crippen molar-refractivity contribution in [3.8, 4) is 5.75 Å². The molecule has 0 fully saturated rings. The van der Waals surface area contributed by atoms with Gasteiger partial charge in [-0.25, -0.2) is 0 Å². The first kappa shape index (κ1) is 8.89. The Labute approximate surface area is 84.7 Å². The van der Waals surface area contributed by atoms with E-state index in [1.54, 1.807) is 12.4 Å². The summed E-state index contributed by atoms with van der Waals surface area (Å²) in [6.07, 6.45) is 3.33. The molecule has 0 amide bonds. The number of nitrogens with two attached hydrogens (primary N) is 1. The number of ether oxygens (including phenoxy) is 1. The number of rotatable bonds is 3. The molecule has 0 radical (unpaired) electrons. The first-order valence-corrected chi connectivity index (χ1v) is 4.73.